The molecule has 0 unspecified atom stereocenters. The van der Waals surface area contributed by atoms with Gasteiger partial charge in [-0.2, -0.15) is 10.4 Å². The lowest BCUT2D eigenvalue weighted by atomic mass is 10.1. The third-order valence-corrected chi connectivity index (χ3v) is 5.62. The molecular formula is C24H31N5O3S. The zero-order valence-corrected chi connectivity index (χ0v) is 19.5. The van der Waals surface area contributed by atoms with Gasteiger partial charge in [-0.25, -0.2) is 9.80 Å². The normalized spacial score (nSPS) is 13.5. The van der Waals surface area contributed by atoms with E-state index in [1.165, 1.54) is 16.8 Å². The van der Waals surface area contributed by atoms with E-state index in [0.717, 1.165) is 29.8 Å². The summed E-state index contributed by atoms with van der Waals surface area (Å²) in [5, 5.41) is 20.8. The summed E-state index contributed by atoms with van der Waals surface area (Å²) in [5.74, 6) is 0.474. The number of hydrogen-bond donors (Lipinski definition) is 2. The van der Waals surface area contributed by atoms with Crippen LogP contribution in [0.2, 0.25) is 0 Å². The van der Waals surface area contributed by atoms with Crippen molar-refractivity contribution in [2.45, 2.75) is 32.9 Å². The number of nitrogens with zero attached hydrogens (tertiary/aromatic N) is 3. The van der Waals surface area contributed by atoms with Crippen molar-refractivity contribution in [3.05, 3.63) is 65.2 Å². The van der Waals surface area contributed by atoms with Crippen LogP contribution in [0.15, 0.2) is 53.6 Å². The molecule has 0 radical (unpaired) electrons. The van der Waals surface area contributed by atoms with Crippen molar-refractivity contribution in [1.29, 1.82) is 5.26 Å². The van der Waals surface area contributed by atoms with Gasteiger partial charge in [0.25, 0.3) is 0 Å². The van der Waals surface area contributed by atoms with Crippen LogP contribution in [0.3, 0.4) is 0 Å². The molecule has 8 nitrogen and oxygen atoms in total. The molecule has 3 rings (SSSR count). The number of ether oxygens (including phenoxy) is 1. The van der Waals surface area contributed by atoms with Crippen LogP contribution >= 0.6 is 11.8 Å². The standard InChI is InChI=1S/C24H27N5O3S.2H2/c1-17(2)26-11-4-12-32-23(30)27-21-6-3-5-19(13-21)15-29-24(31)33-16-22(28-29)20-9-7-18(14-25)8-10-20;;/h3,5-10,13,17,26H,4,11-12,15-16H2,1-2H3,(H,27,30);2*1H. The Kier molecular flexibility index (Phi) is 8.87. The van der Waals surface area contributed by atoms with Gasteiger partial charge in [0, 0.05) is 20.3 Å². The Balaban J connectivity index is 0.00000306. The molecule has 0 bridgehead atoms. The SMILES string of the molecule is CC(C)NCCCOC(=O)Nc1cccc(CN2N=C(c3ccc(C#N)cc3)CSC2=O)c1.[HH].[HH]. The van der Waals surface area contributed by atoms with Crippen molar-refractivity contribution in [2.75, 3.05) is 24.2 Å². The first-order valence-electron chi connectivity index (χ1n) is 10.7. The zero-order valence-electron chi connectivity index (χ0n) is 18.7. The van der Waals surface area contributed by atoms with Crippen molar-refractivity contribution in [1.82, 2.24) is 10.3 Å². The fourth-order valence-electron chi connectivity index (χ4n) is 3.10. The van der Waals surface area contributed by atoms with Crippen LogP contribution in [0, 0.1) is 11.3 Å². The van der Waals surface area contributed by atoms with Gasteiger partial charge in [-0.15, -0.1) is 0 Å². The second-order valence-corrected chi connectivity index (χ2v) is 8.70. The fraction of sp³-hybridized carbons (Fsp3) is 0.333. The predicted octanol–water partition coefficient (Wildman–Crippen LogP) is 5.06. The lowest BCUT2D eigenvalue weighted by Gasteiger charge is -2.23. The molecule has 33 heavy (non-hydrogen) atoms. The van der Waals surface area contributed by atoms with Crippen LogP contribution < -0.4 is 10.6 Å². The summed E-state index contributed by atoms with van der Waals surface area (Å²) in [6, 6.07) is 16.9. The van der Waals surface area contributed by atoms with Crippen molar-refractivity contribution in [3.8, 4) is 6.07 Å². The van der Waals surface area contributed by atoms with E-state index in [-0.39, 0.29) is 14.6 Å². The minimum atomic E-state index is -0.512. The number of carbonyl (C=O) groups is 2. The van der Waals surface area contributed by atoms with Crippen molar-refractivity contribution in [2.24, 2.45) is 5.10 Å². The monoisotopic (exact) mass is 469 g/mol. The molecule has 0 saturated carbocycles. The summed E-state index contributed by atoms with van der Waals surface area (Å²) in [7, 11) is 0. The van der Waals surface area contributed by atoms with Crippen LogP contribution in [0.5, 0.6) is 0 Å². The first kappa shape index (κ1) is 24.3. The minimum absolute atomic E-state index is 0. The maximum absolute atomic E-state index is 12.4. The number of carbonyl (C=O) groups excluding carboxylic acids is 2. The molecule has 0 saturated heterocycles. The Labute approximate surface area is 201 Å². The van der Waals surface area contributed by atoms with E-state index in [2.05, 4.69) is 35.7 Å². The number of nitrogens with one attached hydrogen (secondary N) is 2. The van der Waals surface area contributed by atoms with E-state index in [4.69, 9.17) is 10.00 Å². The molecule has 0 fully saturated rings. The van der Waals surface area contributed by atoms with Crippen LogP contribution in [0.4, 0.5) is 15.3 Å². The van der Waals surface area contributed by atoms with Gasteiger partial charge in [-0.1, -0.05) is 49.9 Å². The van der Waals surface area contributed by atoms with E-state index in [1.807, 2.05) is 24.3 Å². The van der Waals surface area contributed by atoms with Gasteiger partial charge in [-0.05, 0) is 48.4 Å². The van der Waals surface area contributed by atoms with Crippen LogP contribution in [0.1, 0.15) is 39.8 Å². The number of benzene rings is 2. The van der Waals surface area contributed by atoms with Crippen molar-refractivity contribution < 1.29 is 17.2 Å². The van der Waals surface area contributed by atoms with Gasteiger partial charge in [0.2, 0.25) is 0 Å². The average molecular weight is 470 g/mol. The summed E-state index contributed by atoms with van der Waals surface area (Å²) in [4.78, 5) is 24.4. The third-order valence-electron chi connectivity index (χ3n) is 4.74. The van der Waals surface area contributed by atoms with Crippen molar-refractivity contribution in [3.63, 3.8) is 0 Å². The van der Waals surface area contributed by atoms with Crippen molar-refractivity contribution >= 4 is 34.5 Å². The average Bonchev–Trinajstić information content (AvgIpc) is 2.80. The predicted molar refractivity (Wildman–Crippen MR) is 134 cm³/mol. The molecule has 9 heteroatoms. The number of hydrogen-bond acceptors (Lipinski definition) is 7. The van der Waals surface area contributed by atoms with Gasteiger partial charge in [0.1, 0.15) is 0 Å². The maximum Gasteiger partial charge on any atom is 0.411 e. The van der Waals surface area contributed by atoms with E-state index in [0.29, 0.717) is 29.7 Å². The van der Waals surface area contributed by atoms with Crippen LogP contribution in [0.25, 0.3) is 0 Å². The molecule has 0 aromatic heterocycles. The minimum Gasteiger partial charge on any atom is -0.449 e. The number of amides is 2. The Hall–Kier alpha value is -3.35. The summed E-state index contributed by atoms with van der Waals surface area (Å²) in [6.07, 6.45) is 0.224. The highest BCUT2D eigenvalue weighted by Gasteiger charge is 2.22. The second kappa shape index (κ2) is 12.0. The number of anilines is 1. The molecule has 176 valence electrons. The first-order chi connectivity index (χ1) is 15.9. The number of hydrazone groups is 1. The molecule has 2 aromatic carbocycles. The summed E-state index contributed by atoms with van der Waals surface area (Å²) in [5.41, 5.74) is 3.64. The van der Waals surface area contributed by atoms with E-state index in [9.17, 15) is 9.59 Å². The summed E-state index contributed by atoms with van der Waals surface area (Å²) >= 11 is 1.18. The van der Waals surface area contributed by atoms with Gasteiger partial charge in [0.05, 0.1) is 30.5 Å². The number of thioether (sulfide) groups is 1. The van der Waals surface area contributed by atoms with E-state index >= 15 is 0 Å². The Morgan fingerprint density at radius 3 is 2.82 bits per heavy atom. The van der Waals surface area contributed by atoms with E-state index < -0.39 is 6.09 Å². The topological polar surface area (TPSA) is 107 Å². The largest absolute Gasteiger partial charge is 0.449 e. The molecule has 1 aliphatic heterocycles. The Bertz CT molecular complexity index is 1060. The summed E-state index contributed by atoms with van der Waals surface area (Å²) in [6.45, 7) is 5.52. The Morgan fingerprint density at radius 2 is 2.09 bits per heavy atom. The number of rotatable bonds is 9. The molecule has 0 aliphatic carbocycles. The maximum atomic E-state index is 12.4. The van der Waals surface area contributed by atoms with E-state index in [1.54, 1.807) is 24.3 Å². The van der Waals surface area contributed by atoms with Crippen LogP contribution in [-0.2, 0) is 11.3 Å². The quantitative estimate of drug-likeness (QED) is 0.497. The van der Waals surface area contributed by atoms with Gasteiger partial charge < -0.3 is 10.1 Å². The smallest absolute Gasteiger partial charge is 0.411 e. The lowest BCUT2D eigenvalue weighted by Crippen LogP contribution is -2.29. The van der Waals surface area contributed by atoms with Gasteiger partial charge >= 0.3 is 11.3 Å². The number of nitriles is 1. The highest BCUT2D eigenvalue weighted by Crippen LogP contribution is 2.23. The first-order valence-corrected chi connectivity index (χ1v) is 11.7. The summed E-state index contributed by atoms with van der Waals surface area (Å²) < 4.78 is 5.21. The third kappa shape index (κ3) is 7.63. The fourth-order valence-corrected chi connectivity index (χ4v) is 3.84. The zero-order chi connectivity index (χ0) is 23.6. The highest BCUT2D eigenvalue weighted by molar-refractivity contribution is 8.14. The molecule has 2 amide bonds. The highest BCUT2D eigenvalue weighted by atomic mass is 32.2. The van der Waals surface area contributed by atoms with Gasteiger partial charge in [-0.3, -0.25) is 10.1 Å². The molecule has 1 heterocycles. The molecule has 2 N–H and O–H groups in total. The molecule has 1 aliphatic rings. The molecule has 0 atom stereocenters. The molecule has 2 aromatic rings. The van der Waals surface area contributed by atoms with Crippen LogP contribution in [-0.4, -0.2) is 47.0 Å². The molecular weight excluding hydrogens is 438 g/mol. The second-order valence-electron chi connectivity index (χ2n) is 7.77. The lowest BCUT2D eigenvalue weighted by molar-refractivity contribution is 0.160. The molecule has 0 spiro atoms. The van der Waals surface area contributed by atoms with Gasteiger partial charge in [0.15, 0.2) is 0 Å². The Morgan fingerprint density at radius 1 is 1.30 bits per heavy atom.